The molecule has 160 valence electrons. The van der Waals surface area contributed by atoms with Crippen molar-refractivity contribution in [3.63, 3.8) is 0 Å². The molecular formula is C23H29N3O3S. The lowest BCUT2D eigenvalue weighted by Gasteiger charge is -2.31. The summed E-state index contributed by atoms with van der Waals surface area (Å²) in [7, 11) is 0. The van der Waals surface area contributed by atoms with Crippen LogP contribution in [0.4, 0.5) is 0 Å². The number of likely N-dealkylation sites (tertiary alicyclic amines) is 1. The predicted octanol–water partition coefficient (Wildman–Crippen LogP) is 2.83. The molecule has 2 fully saturated rings. The van der Waals surface area contributed by atoms with Gasteiger partial charge in [-0.2, -0.15) is 0 Å². The molecule has 0 aromatic heterocycles. The van der Waals surface area contributed by atoms with E-state index in [0.29, 0.717) is 13.0 Å². The van der Waals surface area contributed by atoms with Gasteiger partial charge in [-0.1, -0.05) is 29.8 Å². The zero-order chi connectivity index (χ0) is 21.4. The van der Waals surface area contributed by atoms with Crippen LogP contribution in [0.5, 0.6) is 5.75 Å². The van der Waals surface area contributed by atoms with E-state index in [1.165, 1.54) is 4.90 Å². The summed E-state index contributed by atoms with van der Waals surface area (Å²) in [6.45, 7) is 4.47. The Morgan fingerprint density at radius 2 is 1.80 bits per heavy atom. The zero-order valence-corrected chi connectivity index (χ0v) is 18.4. The van der Waals surface area contributed by atoms with Crippen molar-refractivity contribution in [3.05, 3.63) is 58.7 Å². The first-order valence-electron chi connectivity index (χ1n) is 10.3. The van der Waals surface area contributed by atoms with Gasteiger partial charge in [-0.25, -0.2) is 10.9 Å². The molecule has 2 aromatic carbocycles. The maximum atomic E-state index is 13.3. The summed E-state index contributed by atoms with van der Waals surface area (Å²) in [4.78, 5) is 16.3. The summed E-state index contributed by atoms with van der Waals surface area (Å²) in [6.07, 6.45) is 2.58. The number of nitrogens with zero attached hydrogens (tertiary/aromatic N) is 1. The van der Waals surface area contributed by atoms with Crippen LogP contribution < -0.4 is 10.9 Å². The maximum Gasteiger partial charge on any atom is 0.242 e. The average Bonchev–Trinajstić information content (AvgIpc) is 3.28. The molecule has 2 aliphatic rings. The minimum Gasteiger partial charge on any atom is -0.507 e. The van der Waals surface area contributed by atoms with Crippen molar-refractivity contribution in [1.82, 2.24) is 15.8 Å². The van der Waals surface area contributed by atoms with Crippen molar-refractivity contribution in [3.8, 4) is 5.75 Å². The molecule has 0 saturated carbocycles. The van der Waals surface area contributed by atoms with Gasteiger partial charge in [0.1, 0.15) is 11.8 Å². The van der Waals surface area contributed by atoms with Gasteiger partial charge in [0.25, 0.3) is 0 Å². The van der Waals surface area contributed by atoms with Gasteiger partial charge in [-0.3, -0.25) is 4.79 Å². The summed E-state index contributed by atoms with van der Waals surface area (Å²) in [5.41, 5.74) is 10.3. The van der Waals surface area contributed by atoms with Crippen LogP contribution in [-0.4, -0.2) is 46.5 Å². The van der Waals surface area contributed by atoms with Crippen molar-refractivity contribution in [1.29, 1.82) is 0 Å². The van der Waals surface area contributed by atoms with E-state index in [-0.39, 0.29) is 42.3 Å². The van der Waals surface area contributed by atoms with Crippen LogP contribution in [0, 0.1) is 19.8 Å². The highest BCUT2D eigenvalue weighted by Crippen LogP contribution is 2.49. The van der Waals surface area contributed by atoms with Crippen molar-refractivity contribution in [2.24, 2.45) is 5.92 Å². The van der Waals surface area contributed by atoms with Crippen LogP contribution in [-0.2, 0) is 4.79 Å². The molecule has 0 spiro atoms. The third-order valence-corrected chi connectivity index (χ3v) is 6.98. The standard InChI is InChI=1S/C23H29N3O3S/c1-13-11-14(2)22(28)17(12-13)19-18-20(25-24-19)23(29)26(9-4-10-27)21(18)15-5-7-16(30-3)8-6-15/h5-8,11-12,18-21,24-25,27-28H,4,9-10H2,1-3H3. The zero-order valence-electron chi connectivity index (χ0n) is 17.6. The second kappa shape index (κ2) is 8.59. The van der Waals surface area contributed by atoms with Gasteiger partial charge in [-0.05, 0) is 49.8 Å². The first-order valence-corrected chi connectivity index (χ1v) is 11.5. The molecule has 4 rings (SSSR count). The highest BCUT2D eigenvalue weighted by atomic mass is 32.2. The topological polar surface area (TPSA) is 84.8 Å². The van der Waals surface area contributed by atoms with E-state index in [4.69, 9.17) is 0 Å². The number of aliphatic hydroxyl groups excluding tert-OH is 1. The number of phenolic OH excluding ortho intramolecular Hbond substituents is 1. The van der Waals surface area contributed by atoms with Crippen LogP contribution in [0.25, 0.3) is 0 Å². The van der Waals surface area contributed by atoms with Crippen LogP contribution in [0.1, 0.15) is 40.8 Å². The molecule has 0 radical (unpaired) electrons. The van der Waals surface area contributed by atoms with Crippen LogP contribution in [0.3, 0.4) is 0 Å². The van der Waals surface area contributed by atoms with Gasteiger partial charge in [0.05, 0.1) is 12.1 Å². The van der Waals surface area contributed by atoms with Crippen molar-refractivity contribution in [2.75, 3.05) is 19.4 Å². The van der Waals surface area contributed by atoms with Gasteiger partial charge >= 0.3 is 0 Å². The molecule has 2 aromatic rings. The Kier molecular flexibility index (Phi) is 6.06. The van der Waals surface area contributed by atoms with Gasteiger partial charge in [-0.15, -0.1) is 11.8 Å². The van der Waals surface area contributed by atoms with Crippen LogP contribution >= 0.6 is 11.8 Å². The molecule has 0 aliphatic carbocycles. The molecule has 6 nitrogen and oxygen atoms in total. The number of aromatic hydroxyl groups is 1. The highest BCUT2D eigenvalue weighted by Gasteiger charge is 2.55. The van der Waals surface area contributed by atoms with E-state index in [2.05, 4.69) is 35.1 Å². The van der Waals surface area contributed by atoms with Crippen LogP contribution in [0.15, 0.2) is 41.3 Å². The maximum absolute atomic E-state index is 13.3. The summed E-state index contributed by atoms with van der Waals surface area (Å²) >= 11 is 1.69. The number of thioether (sulfide) groups is 1. The van der Waals surface area contributed by atoms with Gasteiger partial charge in [0.15, 0.2) is 0 Å². The Hall–Kier alpha value is -2.06. The Labute approximate surface area is 181 Å². The number of rotatable bonds is 6. The summed E-state index contributed by atoms with van der Waals surface area (Å²) in [5.74, 6) is 0.230. The number of nitrogens with one attached hydrogen (secondary N) is 2. The lowest BCUT2D eigenvalue weighted by Crippen LogP contribution is -2.41. The summed E-state index contributed by atoms with van der Waals surface area (Å²) in [5, 5.41) is 20.2. The van der Waals surface area contributed by atoms with E-state index < -0.39 is 0 Å². The Morgan fingerprint density at radius 1 is 1.10 bits per heavy atom. The number of aliphatic hydroxyl groups is 1. The minimum atomic E-state index is -0.376. The largest absolute Gasteiger partial charge is 0.507 e. The molecule has 2 aliphatic heterocycles. The molecule has 4 unspecified atom stereocenters. The van der Waals surface area contributed by atoms with Gasteiger partial charge in [0, 0.05) is 29.5 Å². The van der Waals surface area contributed by atoms with Crippen molar-refractivity contribution < 1.29 is 15.0 Å². The lowest BCUT2D eigenvalue weighted by molar-refractivity contribution is -0.130. The fourth-order valence-corrected chi connectivity index (χ4v) is 5.30. The number of aryl methyl sites for hydroxylation is 2. The molecule has 30 heavy (non-hydrogen) atoms. The Balaban J connectivity index is 1.78. The number of benzene rings is 2. The van der Waals surface area contributed by atoms with Crippen molar-refractivity contribution in [2.45, 2.75) is 43.3 Å². The van der Waals surface area contributed by atoms with E-state index in [1.54, 1.807) is 11.8 Å². The second-order valence-electron chi connectivity index (χ2n) is 8.17. The molecular weight excluding hydrogens is 398 g/mol. The predicted molar refractivity (Wildman–Crippen MR) is 118 cm³/mol. The fraction of sp³-hybridized carbons (Fsp3) is 0.435. The normalized spacial score (nSPS) is 25.7. The number of hydrogen-bond donors (Lipinski definition) is 4. The van der Waals surface area contributed by atoms with E-state index in [1.807, 2.05) is 37.1 Å². The third-order valence-electron chi connectivity index (χ3n) is 6.24. The first kappa shape index (κ1) is 21.2. The second-order valence-corrected chi connectivity index (χ2v) is 9.05. The van der Waals surface area contributed by atoms with Crippen molar-refractivity contribution >= 4 is 17.7 Å². The monoisotopic (exact) mass is 427 g/mol. The fourth-order valence-electron chi connectivity index (χ4n) is 4.89. The molecule has 0 bridgehead atoms. The number of hydrazine groups is 1. The number of hydrogen-bond acceptors (Lipinski definition) is 6. The molecule has 2 saturated heterocycles. The lowest BCUT2D eigenvalue weighted by atomic mass is 9.82. The average molecular weight is 428 g/mol. The van der Waals surface area contributed by atoms with Crippen LogP contribution in [0.2, 0.25) is 0 Å². The molecule has 4 atom stereocenters. The minimum absolute atomic E-state index is 0.0336. The van der Waals surface area contributed by atoms with E-state index in [0.717, 1.165) is 22.3 Å². The number of amides is 1. The number of carbonyl (C=O) groups is 1. The smallest absolute Gasteiger partial charge is 0.242 e. The molecule has 7 heteroatoms. The van der Waals surface area contributed by atoms with Gasteiger partial charge < -0.3 is 15.1 Å². The first-order chi connectivity index (χ1) is 14.5. The SMILES string of the molecule is CSc1ccc(C2C3C(NNC3c3cc(C)cc(C)c3O)C(=O)N2CCCO)cc1. The number of phenols is 1. The summed E-state index contributed by atoms with van der Waals surface area (Å²) in [6, 6.07) is 11.6. The molecule has 1 amide bonds. The molecule has 2 heterocycles. The number of carbonyl (C=O) groups excluding carboxylic acids is 1. The third kappa shape index (κ3) is 3.60. The Morgan fingerprint density at radius 3 is 2.47 bits per heavy atom. The van der Waals surface area contributed by atoms with Gasteiger partial charge in [0.2, 0.25) is 5.91 Å². The summed E-state index contributed by atoms with van der Waals surface area (Å²) < 4.78 is 0. The quantitative estimate of drug-likeness (QED) is 0.531. The highest BCUT2D eigenvalue weighted by molar-refractivity contribution is 7.98. The van der Waals surface area contributed by atoms with E-state index >= 15 is 0 Å². The Bertz CT molecular complexity index is 934. The molecule has 4 N–H and O–H groups in total. The number of fused-ring (bicyclic) bond motifs is 1. The van der Waals surface area contributed by atoms with E-state index in [9.17, 15) is 15.0 Å².